The number of halogens is 5. The number of nitrogens with zero attached hydrogens (tertiary/aromatic N) is 1. The number of ether oxygens (including phenoxy) is 1. The van der Waals surface area contributed by atoms with Crippen molar-refractivity contribution in [3.05, 3.63) is 70.0 Å². The van der Waals surface area contributed by atoms with Gasteiger partial charge in [0, 0.05) is 11.8 Å². The van der Waals surface area contributed by atoms with Crippen LogP contribution < -0.4 is 5.32 Å². The third kappa shape index (κ3) is 5.31. The second-order valence-electron chi connectivity index (χ2n) is 5.85. The minimum absolute atomic E-state index is 0.0342. The Morgan fingerprint density at radius 1 is 1.13 bits per heavy atom. The lowest BCUT2D eigenvalue weighted by molar-refractivity contribution is -0.137. The van der Waals surface area contributed by atoms with E-state index in [1.54, 1.807) is 0 Å². The fraction of sp³-hybridized carbons (Fsp3) is 0.105. The summed E-state index contributed by atoms with van der Waals surface area (Å²) in [5.74, 6) is -1.90. The number of pyridine rings is 1. The van der Waals surface area contributed by atoms with E-state index in [1.165, 1.54) is 36.5 Å². The standard InChI is InChI=1S/C19H11Cl2F3N2O4/c20-12-7-13(21)17(25-8-12)26-16(27)9-29-18(28)15-5-4-14(30-15)10-2-1-3-11(6-10)19(22,23)24/h1-8H,9H2,(H,25,26,27). The fourth-order valence-corrected chi connectivity index (χ4v) is 2.76. The first-order valence-corrected chi connectivity index (χ1v) is 8.94. The molecule has 1 N–H and O–H groups in total. The van der Waals surface area contributed by atoms with Crippen LogP contribution in [0, 0.1) is 0 Å². The topological polar surface area (TPSA) is 81.4 Å². The van der Waals surface area contributed by atoms with Gasteiger partial charge in [0.15, 0.2) is 12.4 Å². The lowest BCUT2D eigenvalue weighted by Crippen LogP contribution is -2.21. The number of benzene rings is 1. The van der Waals surface area contributed by atoms with Crippen molar-refractivity contribution in [3.63, 3.8) is 0 Å². The highest BCUT2D eigenvalue weighted by Gasteiger charge is 2.30. The third-order valence-corrected chi connectivity index (χ3v) is 4.18. The fourth-order valence-electron chi connectivity index (χ4n) is 2.33. The van der Waals surface area contributed by atoms with Gasteiger partial charge in [-0.05, 0) is 30.3 Å². The van der Waals surface area contributed by atoms with Crippen molar-refractivity contribution in [1.29, 1.82) is 0 Å². The number of aromatic nitrogens is 1. The van der Waals surface area contributed by atoms with Gasteiger partial charge in [-0.2, -0.15) is 13.2 Å². The van der Waals surface area contributed by atoms with Crippen LogP contribution in [0.15, 0.2) is 53.1 Å². The van der Waals surface area contributed by atoms with Crippen molar-refractivity contribution in [1.82, 2.24) is 4.98 Å². The minimum Gasteiger partial charge on any atom is -0.450 e. The molecule has 0 bridgehead atoms. The van der Waals surface area contributed by atoms with Crippen LogP contribution in [0.4, 0.5) is 19.0 Å². The molecule has 3 rings (SSSR count). The van der Waals surface area contributed by atoms with Gasteiger partial charge in [0.25, 0.3) is 5.91 Å². The lowest BCUT2D eigenvalue weighted by Gasteiger charge is -2.07. The van der Waals surface area contributed by atoms with Crippen molar-refractivity contribution in [2.75, 3.05) is 11.9 Å². The third-order valence-electron chi connectivity index (χ3n) is 3.68. The summed E-state index contributed by atoms with van der Waals surface area (Å²) in [4.78, 5) is 27.8. The average Bonchev–Trinajstić information content (AvgIpc) is 3.18. The van der Waals surface area contributed by atoms with Crippen LogP contribution in [0.2, 0.25) is 10.0 Å². The zero-order valence-corrected chi connectivity index (χ0v) is 16.3. The molecule has 0 aliphatic heterocycles. The molecular weight excluding hydrogens is 448 g/mol. The highest BCUT2D eigenvalue weighted by Crippen LogP contribution is 2.32. The Morgan fingerprint density at radius 2 is 1.90 bits per heavy atom. The number of esters is 1. The maximum Gasteiger partial charge on any atom is 0.416 e. The monoisotopic (exact) mass is 458 g/mol. The van der Waals surface area contributed by atoms with Gasteiger partial charge in [-0.3, -0.25) is 4.79 Å². The molecule has 1 amide bonds. The molecule has 0 saturated carbocycles. The van der Waals surface area contributed by atoms with Crippen LogP contribution in [0.25, 0.3) is 11.3 Å². The van der Waals surface area contributed by atoms with E-state index in [9.17, 15) is 22.8 Å². The molecule has 0 unspecified atom stereocenters. The van der Waals surface area contributed by atoms with Gasteiger partial charge in [-0.25, -0.2) is 9.78 Å². The Morgan fingerprint density at radius 3 is 2.60 bits per heavy atom. The van der Waals surface area contributed by atoms with Crippen LogP contribution in [0.3, 0.4) is 0 Å². The summed E-state index contributed by atoms with van der Waals surface area (Å²) in [6, 6.07) is 8.36. The molecule has 156 valence electrons. The van der Waals surface area contributed by atoms with Crippen molar-refractivity contribution >= 4 is 40.9 Å². The molecule has 3 aromatic rings. The first-order chi connectivity index (χ1) is 14.1. The van der Waals surface area contributed by atoms with Crippen LogP contribution >= 0.6 is 23.2 Å². The number of alkyl halides is 3. The smallest absolute Gasteiger partial charge is 0.416 e. The second-order valence-corrected chi connectivity index (χ2v) is 6.69. The zero-order valence-electron chi connectivity index (χ0n) is 14.8. The molecule has 0 radical (unpaired) electrons. The van der Waals surface area contributed by atoms with Gasteiger partial charge in [0.05, 0.1) is 15.6 Å². The molecule has 0 spiro atoms. The van der Waals surface area contributed by atoms with Gasteiger partial charge in [-0.15, -0.1) is 0 Å². The number of amides is 1. The van der Waals surface area contributed by atoms with E-state index in [0.29, 0.717) is 0 Å². The number of carbonyl (C=O) groups excluding carboxylic acids is 2. The van der Waals surface area contributed by atoms with E-state index in [4.69, 9.17) is 32.4 Å². The Kier molecular flexibility index (Phi) is 6.33. The van der Waals surface area contributed by atoms with E-state index in [-0.39, 0.29) is 32.9 Å². The zero-order chi connectivity index (χ0) is 21.9. The predicted octanol–water partition coefficient (Wildman–Crippen LogP) is 5.46. The summed E-state index contributed by atoms with van der Waals surface area (Å²) in [5.41, 5.74) is -0.725. The number of rotatable bonds is 5. The van der Waals surface area contributed by atoms with Crippen molar-refractivity contribution < 1.29 is 31.9 Å². The number of nitrogens with one attached hydrogen (secondary N) is 1. The Hall–Kier alpha value is -3.04. The molecule has 0 atom stereocenters. The van der Waals surface area contributed by atoms with Gasteiger partial charge in [0.2, 0.25) is 5.76 Å². The quantitative estimate of drug-likeness (QED) is 0.513. The molecular formula is C19H11Cl2F3N2O4. The predicted molar refractivity (Wildman–Crippen MR) is 102 cm³/mol. The number of furan rings is 1. The number of hydrogen-bond donors (Lipinski definition) is 1. The summed E-state index contributed by atoms with van der Waals surface area (Å²) >= 11 is 11.6. The molecule has 1 aromatic carbocycles. The van der Waals surface area contributed by atoms with Crippen LogP contribution in [-0.2, 0) is 15.7 Å². The second kappa shape index (κ2) is 8.76. The molecule has 0 fully saturated rings. The molecule has 2 aromatic heterocycles. The van der Waals surface area contributed by atoms with Crippen molar-refractivity contribution in [2.24, 2.45) is 0 Å². The van der Waals surface area contributed by atoms with Gasteiger partial charge in [-0.1, -0.05) is 35.3 Å². The highest BCUT2D eigenvalue weighted by molar-refractivity contribution is 6.36. The van der Waals surface area contributed by atoms with Crippen molar-refractivity contribution in [3.8, 4) is 11.3 Å². The van der Waals surface area contributed by atoms with E-state index in [0.717, 1.165) is 12.1 Å². The van der Waals surface area contributed by atoms with Gasteiger partial charge >= 0.3 is 12.1 Å². The largest absolute Gasteiger partial charge is 0.450 e. The average molecular weight is 459 g/mol. The molecule has 2 heterocycles. The van der Waals surface area contributed by atoms with E-state index in [1.807, 2.05) is 0 Å². The summed E-state index contributed by atoms with van der Waals surface area (Å²) in [5, 5.41) is 2.71. The Bertz CT molecular complexity index is 1100. The maximum absolute atomic E-state index is 12.8. The normalized spacial score (nSPS) is 11.2. The summed E-state index contributed by atoms with van der Waals surface area (Å²) in [6.45, 7) is -0.668. The summed E-state index contributed by atoms with van der Waals surface area (Å²) < 4.78 is 48.6. The minimum atomic E-state index is -4.51. The Labute approximate surface area is 177 Å². The molecule has 11 heteroatoms. The first kappa shape index (κ1) is 21.7. The number of hydrogen-bond acceptors (Lipinski definition) is 5. The molecule has 0 aliphatic rings. The van der Waals surface area contributed by atoms with E-state index < -0.39 is 30.2 Å². The summed E-state index contributed by atoms with van der Waals surface area (Å²) in [7, 11) is 0. The number of carbonyl (C=O) groups is 2. The maximum atomic E-state index is 12.8. The van der Waals surface area contributed by atoms with Crippen LogP contribution in [0.5, 0.6) is 0 Å². The highest BCUT2D eigenvalue weighted by atomic mass is 35.5. The number of anilines is 1. The molecule has 0 aliphatic carbocycles. The summed E-state index contributed by atoms with van der Waals surface area (Å²) in [6.07, 6.45) is -3.24. The molecule has 0 saturated heterocycles. The molecule has 30 heavy (non-hydrogen) atoms. The lowest BCUT2D eigenvalue weighted by atomic mass is 10.1. The first-order valence-electron chi connectivity index (χ1n) is 8.19. The Balaban J connectivity index is 1.62. The van der Waals surface area contributed by atoms with E-state index in [2.05, 4.69) is 10.3 Å². The van der Waals surface area contributed by atoms with Gasteiger partial charge in [0.1, 0.15) is 5.76 Å². The van der Waals surface area contributed by atoms with Crippen molar-refractivity contribution in [2.45, 2.75) is 6.18 Å². The van der Waals surface area contributed by atoms with Gasteiger partial charge < -0.3 is 14.5 Å². The van der Waals surface area contributed by atoms with E-state index >= 15 is 0 Å². The van der Waals surface area contributed by atoms with Crippen LogP contribution in [0.1, 0.15) is 16.1 Å². The van der Waals surface area contributed by atoms with Crippen LogP contribution in [-0.4, -0.2) is 23.5 Å². The molecule has 6 nitrogen and oxygen atoms in total. The SMILES string of the molecule is O=C(COC(=O)c1ccc(-c2cccc(C(F)(F)F)c2)o1)Nc1ncc(Cl)cc1Cl.